The van der Waals surface area contributed by atoms with Crippen LogP contribution in [0.15, 0.2) is 23.1 Å². The van der Waals surface area contributed by atoms with Gasteiger partial charge in [-0.2, -0.15) is 4.31 Å². The number of hydrogen-bond donors (Lipinski definition) is 1. The molecule has 1 saturated heterocycles. The molecule has 1 aliphatic heterocycles. The molecule has 8 heteroatoms. The highest BCUT2D eigenvalue weighted by Gasteiger charge is 2.29. The van der Waals surface area contributed by atoms with E-state index in [1.807, 2.05) is 0 Å². The summed E-state index contributed by atoms with van der Waals surface area (Å²) < 4.78 is 51.6. The van der Waals surface area contributed by atoms with E-state index in [2.05, 4.69) is 0 Å². The van der Waals surface area contributed by atoms with Gasteiger partial charge in [0, 0.05) is 25.2 Å². The molecule has 0 bridgehead atoms. The van der Waals surface area contributed by atoms with E-state index in [1.165, 1.54) is 4.31 Å². The van der Waals surface area contributed by atoms with Crippen molar-refractivity contribution < 1.29 is 17.2 Å². The summed E-state index contributed by atoms with van der Waals surface area (Å²) >= 11 is 0. The quantitative estimate of drug-likeness (QED) is 0.900. The third-order valence-corrected chi connectivity index (χ3v) is 4.74. The molecule has 1 atom stereocenters. The summed E-state index contributed by atoms with van der Waals surface area (Å²) in [5.74, 6) is -1.82. The fourth-order valence-corrected chi connectivity index (χ4v) is 3.60. The Kier molecular flexibility index (Phi) is 5.26. The van der Waals surface area contributed by atoms with E-state index in [0.717, 1.165) is 18.6 Å². The lowest BCUT2D eigenvalue weighted by atomic mass is 10.1. The Morgan fingerprint density at radius 2 is 1.79 bits per heavy atom. The molecule has 1 aliphatic rings. The molecule has 1 aromatic rings. The SMILES string of the molecule is Cl.NC1CCCN(S(=O)(=O)c2cc(F)cc(F)c2)C1. The number of piperidine rings is 1. The molecular weight excluding hydrogens is 298 g/mol. The van der Waals surface area contributed by atoms with Crippen LogP contribution in [-0.4, -0.2) is 31.9 Å². The standard InChI is InChI=1S/C11H14F2N2O2S.ClH/c12-8-4-9(13)6-11(5-8)18(16,17)15-3-1-2-10(14)7-15;/h4-6,10H,1-3,7,14H2;1H. The van der Waals surface area contributed by atoms with Gasteiger partial charge in [-0.3, -0.25) is 0 Å². The lowest BCUT2D eigenvalue weighted by Crippen LogP contribution is -2.45. The van der Waals surface area contributed by atoms with Gasteiger partial charge in [0.25, 0.3) is 0 Å². The molecule has 1 fully saturated rings. The van der Waals surface area contributed by atoms with Gasteiger partial charge in [-0.15, -0.1) is 12.4 Å². The first kappa shape index (κ1) is 16.3. The number of halogens is 3. The van der Waals surface area contributed by atoms with E-state index in [1.54, 1.807) is 0 Å². The normalized spacial score (nSPS) is 20.9. The molecule has 0 saturated carbocycles. The van der Waals surface area contributed by atoms with Gasteiger partial charge >= 0.3 is 0 Å². The van der Waals surface area contributed by atoms with Crippen molar-refractivity contribution in [3.05, 3.63) is 29.8 Å². The van der Waals surface area contributed by atoms with Crippen molar-refractivity contribution >= 4 is 22.4 Å². The third kappa shape index (κ3) is 3.62. The van der Waals surface area contributed by atoms with Crippen LogP contribution in [0, 0.1) is 11.6 Å². The second kappa shape index (κ2) is 6.13. The molecule has 2 N–H and O–H groups in total. The molecule has 1 heterocycles. The zero-order chi connectivity index (χ0) is 13.3. The Morgan fingerprint density at radius 1 is 1.21 bits per heavy atom. The van der Waals surface area contributed by atoms with Gasteiger partial charge in [-0.25, -0.2) is 17.2 Å². The smallest absolute Gasteiger partial charge is 0.243 e. The van der Waals surface area contributed by atoms with Gasteiger partial charge in [-0.05, 0) is 25.0 Å². The van der Waals surface area contributed by atoms with Crippen LogP contribution < -0.4 is 5.73 Å². The van der Waals surface area contributed by atoms with E-state index < -0.39 is 21.7 Å². The fourth-order valence-electron chi connectivity index (χ4n) is 2.02. The molecule has 0 spiro atoms. The number of rotatable bonds is 2. The van der Waals surface area contributed by atoms with Crippen LogP contribution in [0.5, 0.6) is 0 Å². The average Bonchev–Trinajstić information content (AvgIpc) is 2.27. The minimum Gasteiger partial charge on any atom is -0.327 e. The van der Waals surface area contributed by atoms with Crippen LogP contribution in [0.2, 0.25) is 0 Å². The van der Waals surface area contributed by atoms with E-state index in [0.29, 0.717) is 19.0 Å². The highest BCUT2D eigenvalue weighted by Crippen LogP contribution is 2.21. The minimum absolute atomic E-state index is 0. The van der Waals surface area contributed by atoms with Crippen molar-refractivity contribution in [2.24, 2.45) is 5.73 Å². The monoisotopic (exact) mass is 312 g/mol. The second-order valence-corrected chi connectivity index (χ2v) is 6.31. The van der Waals surface area contributed by atoms with Gasteiger partial charge in [0.15, 0.2) is 0 Å². The van der Waals surface area contributed by atoms with E-state index in [4.69, 9.17) is 5.73 Å². The summed E-state index contributed by atoms with van der Waals surface area (Å²) in [4.78, 5) is -0.367. The van der Waals surface area contributed by atoms with Gasteiger partial charge < -0.3 is 5.73 Å². The number of hydrogen-bond acceptors (Lipinski definition) is 3. The molecule has 0 radical (unpaired) electrons. The fraction of sp³-hybridized carbons (Fsp3) is 0.455. The summed E-state index contributed by atoms with van der Waals surface area (Å²) in [6.07, 6.45) is 1.40. The number of nitrogens with two attached hydrogens (primary N) is 1. The molecule has 0 aromatic heterocycles. The summed E-state index contributed by atoms with van der Waals surface area (Å²) in [7, 11) is -3.87. The van der Waals surface area contributed by atoms with Crippen molar-refractivity contribution in [1.82, 2.24) is 4.31 Å². The molecule has 1 aromatic carbocycles. The van der Waals surface area contributed by atoms with Gasteiger partial charge in [0.1, 0.15) is 11.6 Å². The van der Waals surface area contributed by atoms with E-state index in [9.17, 15) is 17.2 Å². The molecule has 4 nitrogen and oxygen atoms in total. The second-order valence-electron chi connectivity index (χ2n) is 4.37. The van der Waals surface area contributed by atoms with Gasteiger partial charge in [0.2, 0.25) is 10.0 Å². The maximum absolute atomic E-state index is 13.1. The Labute approximate surface area is 117 Å². The minimum atomic E-state index is -3.87. The Hall–Kier alpha value is -0.760. The first-order valence-corrected chi connectivity index (χ1v) is 7.05. The lowest BCUT2D eigenvalue weighted by molar-refractivity contribution is 0.316. The maximum atomic E-state index is 13.1. The Balaban J connectivity index is 0.00000180. The zero-order valence-electron chi connectivity index (χ0n) is 10.1. The zero-order valence-corrected chi connectivity index (χ0v) is 11.7. The van der Waals surface area contributed by atoms with Crippen LogP contribution in [0.4, 0.5) is 8.78 Å². The largest absolute Gasteiger partial charge is 0.327 e. The molecule has 2 rings (SSSR count). The topological polar surface area (TPSA) is 63.4 Å². The van der Waals surface area contributed by atoms with Crippen molar-refractivity contribution in [3.63, 3.8) is 0 Å². The molecule has 0 amide bonds. The summed E-state index contributed by atoms with van der Waals surface area (Å²) in [5.41, 5.74) is 5.71. The Bertz CT molecular complexity index is 533. The first-order chi connectivity index (χ1) is 8.39. The average molecular weight is 313 g/mol. The van der Waals surface area contributed by atoms with Crippen LogP contribution >= 0.6 is 12.4 Å². The number of benzene rings is 1. The number of nitrogens with zero attached hydrogens (tertiary/aromatic N) is 1. The van der Waals surface area contributed by atoms with Gasteiger partial charge in [0.05, 0.1) is 4.90 Å². The first-order valence-electron chi connectivity index (χ1n) is 5.61. The maximum Gasteiger partial charge on any atom is 0.243 e. The third-order valence-electron chi connectivity index (χ3n) is 2.89. The van der Waals surface area contributed by atoms with Crippen LogP contribution in [-0.2, 0) is 10.0 Å². The van der Waals surface area contributed by atoms with Crippen LogP contribution in [0.25, 0.3) is 0 Å². The Morgan fingerprint density at radius 3 is 2.32 bits per heavy atom. The predicted molar refractivity (Wildman–Crippen MR) is 69.6 cm³/mol. The van der Waals surface area contributed by atoms with Crippen LogP contribution in [0.1, 0.15) is 12.8 Å². The molecule has 1 unspecified atom stereocenters. The van der Waals surface area contributed by atoms with Crippen molar-refractivity contribution in [3.8, 4) is 0 Å². The van der Waals surface area contributed by atoms with Crippen molar-refractivity contribution in [2.45, 2.75) is 23.8 Å². The highest BCUT2D eigenvalue weighted by molar-refractivity contribution is 7.89. The molecule has 0 aliphatic carbocycles. The predicted octanol–water partition coefficient (Wildman–Crippen LogP) is 1.50. The summed E-state index contributed by atoms with van der Waals surface area (Å²) in [6.45, 7) is 0.509. The summed E-state index contributed by atoms with van der Waals surface area (Å²) in [5, 5.41) is 0. The summed E-state index contributed by atoms with van der Waals surface area (Å²) in [6, 6.07) is 2.05. The number of sulfonamides is 1. The van der Waals surface area contributed by atoms with Gasteiger partial charge in [-0.1, -0.05) is 0 Å². The van der Waals surface area contributed by atoms with E-state index >= 15 is 0 Å². The van der Waals surface area contributed by atoms with Crippen LogP contribution in [0.3, 0.4) is 0 Å². The van der Waals surface area contributed by atoms with Crippen molar-refractivity contribution in [1.29, 1.82) is 0 Å². The molecular formula is C11H15ClF2N2O2S. The highest BCUT2D eigenvalue weighted by atomic mass is 35.5. The molecule has 108 valence electrons. The van der Waals surface area contributed by atoms with Crippen molar-refractivity contribution in [2.75, 3.05) is 13.1 Å². The lowest BCUT2D eigenvalue weighted by Gasteiger charge is -2.29. The van der Waals surface area contributed by atoms with E-state index in [-0.39, 0.29) is 29.9 Å². The molecule has 19 heavy (non-hydrogen) atoms.